The predicted octanol–water partition coefficient (Wildman–Crippen LogP) is 2.84. The SMILES string of the molecule is COc1cccc(NC(=O)c2nc(C)n(-c3ccccc3)n2)c1. The van der Waals surface area contributed by atoms with Gasteiger partial charge in [-0.3, -0.25) is 4.79 Å². The second kappa shape index (κ2) is 6.31. The Bertz CT molecular complexity index is 828. The molecule has 0 fully saturated rings. The van der Waals surface area contributed by atoms with Crippen molar-refractivity contribution in [3.05, 3.63) is 66.2 Å². The largest absolute Gasteiger partial charge is 0.497 e. The quantitative estimate of drug-likeness (QED) is 0.804. The van der Waals surface area contributed by atoms with Gasteiger partial charge in [-0.2, -0.15) is 0 Å². The zero-order valence-corrected chi connectivity index (χ0v) is 12.9. The van der Waals surface area contributed by atoms with Gasteiger partial charge >= 0.3 is 0 Å². The summed E-state index contributed by atoms with van der Waals surface area (Å²) < 4.78 is 6.78. The molecule has 116 valence electrons. The molecule has 0 atom stereocenters. The van der Waals surface area contributed by atoms with E-state index in [0.717, 1.165) is 5.69 Å². The number of hydrogen-bond donors (Lipinski definition) is 1. The topological polar surface area (TPSA) is 69.0 Å². The van der Waals surface area contributed by atoms with Gasteiger partial charge in [0.1, 0.15) is 11.6 Å². The summed E-state index contributed by atoms with van der Waals surface area (Å²) in [6.45, 7) is 1.81. The summed E-state index contributed by atoms with van der Waals surface area (Å²) in [7, 11) is 1.58. The van der Waals surface area contributed by atoms with Gasteiger partial charge in [-0.25, -0.2) is 9.67 Å². The minimum absolute atomic E-state index is 0.120. The smallest absolute Gasteiger partial charge is 0.295 e. The fraction of sp³-hybridized carbons (Fsp3) is 0.118. The Hall–Kier alpha value is -3.15. The van der Waals surface area contributed by atoms with E-state index in [1.165, 1.54) is 0 Å². The molecule has 0 bridgehead atoms. The van der Waals surface area contributed by atoms with Gasteiger partial charge < -0.3 is 10.1 Å². The third kappa shape index (κ3) is 3.21. The highest BCUT2D eigenvalue weighted by molar-refractivity contribution is 6.01. The van der Waals surface area contributed by atoms with Gasteiger partial charge in [0.25, 0.3) is 5.91 Å². The van der Waals surface area contributed by atoms with Crippen molar-refractivity contribution in [3.63, 3.8) is 0 Å². The van der Waals surface area contributed by atoms with Crippen LogP contribution >= 0.6 is 0 Å². The molecule has 0 saturated heterocycles. The summed E-state index contributed by atoms with van der Waals surface area (Å²) in [5.41, 5.74) is 1.49. The zero-order chi connectivity index (χ0) is 16.2. The molecule has 6 heteroatoms. The van der Waals surface area contributed by atoms with Crippen LogP contribution in [0.4, 0.5) is 5.69 Å². The molecule has 0 aliphatic rings. The number of hydrogen-bond acceptors (Lipinski definition) is 4. The summed E-state index contributed by atoms with van der Waals surface area (Å²) in [5, 5.41) is 7.05. The Labute approximate surface area is 133 Å². The normalized spacial score (nSPS) is 10.3. The highest BCUT2D eigenvalue weighted by Gasteiger charge is 2.15. The van der Waals surface area contributed by atoms with E-state index < -0.39 is 0 Å². The number of amides is 1. The maximum absolute atomic E-state index is 12.3. The van der Waals surface area contributed by atoms with Crippen LogP contribution in [0.1, 0.15) is 16.4 Å². The van der Waals surface area contributed by atoms with E-state index in [-0.39, 0.29) is 11.7 Å². The summed E-state index contributed by atoms with van der Waals surface area (Å²) >= 11 is 0. The highest BCUT2D eigenvalue weighted by Crippen LogP contribution is 2.17. The van der Waals surface area contributed by atoms with Gasteiger partial charge in [0.15, 0.2) is 0 Å². The van der Waals surface area contributed by atoms with E-state index >= 15 is 0 Å². The molecular weight excluding hydrogens is 292 g/mol. The second-order valence-corrected chi connectivity index (χ2v) is 4.92. The molecule has 0 aliphatic carbocycles. The van der Waals surface area contributed by atoms with E-state index in [0.29, 0.717) is 17.3 Å². The predicted molar refractivity (Wildman–Crippen MR) is 87.0 cm³/mol. The third-order valence-electron chi connectivity index (χ3n) is 3.30. The number of para-hydroxylation sites is 1. The molecule has 0 saturated carbocycles. The molecule has 1 aromatic heterocycles. The van der Waals surface area contributed by atoms with Crippen LogP contribution < -0.4 is 10.1 Å². The number of carbonyl (C=O) groups is 1. The van der Waals surface area contributed by atoms with Gasteiger partial charge in [-0.15, -0.1) is 5.10 Å². The average Bonchev–Trinajstić information content (AvgIpc) is 2.98. The lowest BCUT2D eigenvalue weighted by Gasteiger charge is -2.05. The van der Waals surface area contributed by atoms with Crippen molar-refractivity contribution in [1.82, 2.24) is 14.8 Å². The number of aryl methyl sites for hydroxylation is 1. The Kier molecular flexibility index (Phi) is 4.05. The first-order valence-corrected chi connectivity index (χ1v) is 7.12. The molecule has 2 aromatic carbocycles. The zero-order valence-electron chi connectivity index (χ0n) is 12.9. The van der Waals surface area contributed by atoms with Gasteiger partial charge in [-0.1, -0.05) is 24.3 Å². The molecule has 1 amide bonds. The monoisotopic (exact) mass is 308 g/mol. The van der Waals surface area contributed by atoms with Crippen LogP contribution in [0.15, 0.2) is 54.6 Å². The lowest BCUT2D eigenvalue weighted by molar-refractivity contribution is 0.101. The van der Waals surface area contributed by atoms with Crippen LogP contribution in [0, 0.1) is 6.92 Å². The summed E-state index contributed by atoms with van der Waals surface area (Å²) in [6.07, 6.45) is 0. The molecular formula is C17H16N4O2. The van der Waals surface area contributed by atoms with E-state index in [1.807, 2.05) is 43.3 Å². The third-order valence-corrected chi connectivity index (χ3v) is 3.30. The minimum atomic E-state index is -0.365. The Balaban J connectivity index is 1.83. The molecule has 0 unspecified atom stereocenters. The molecule has 0 spiro atoms. The van der Waals surface area contributed by atoms with Crippen molar-refractivity contribution in [2.24, 2.45) is 0 Å². The molecule has 0 aliphatic heterocycles. The number of ether oxygens (including phenoxy) is 1. The highest BCUT2D eigenvalue weighted by atomic mass is 16.5. The van der Waals surface area contributed by atoms with Crippen LogP contribution in [0.2, 0.25) is 0 Å². The van der Waals surface area contributed by atoms with E-state index in [4.69, 9.17) is 4.74 Å². The number of methoxy groups -OCH3 is 1. The second-order valence-electron chi connectivity index (χ2n) is 4.92. The van der Waals surface area contributed by atoms with Crippen molar-refractivity contribution in [2.45, 2.75) is 6.92 Å². The molecule has 3 rings (SSSR count). The van der Waals surface area contributed by atoms with Crippen molar-refractivity contribution in [3.8, 4) is 11.4 Å². The van der Waals surface area contributed by atoms with Crippen LogP contribution in [0.3, 0.4) is 0 Å². The maximum Gasteiger partial charge on any atom is 0.295 e. The maximum atomic E-state index is 12.3. The summed E-state index contributed by atoms with van der Waals surface area (Å²) in [4.78, 5) is 16.6. The fourth-order valence-corrected chi connectivity index (χ4v) is 2.19. The number of nitrogens with zero attached hydrogens (tertiary/aromatic N) is 3. The number of carbonyl (C=O) groups excluding carboxylic acids is 1. The van der Waals surface area contributed by atoms with Crippen LogP contribution in [-0.4, -0.2) is 27.8 Å². The number of anilines is 1. The minimum Gasteiger partial charge on any atom is -0.497 e. The number of rotatable bonds is 4. The molecule has 1 N–H and O–H groups in total. The fourth-order valence-electron chi connectivity index (χ4n) is 2.19. The average molecular weight is 308 g/mol. The van der Waals surface area contributed by atoms with Crippen LogP contribution in [0.25, 0.3) is 5.69 Å². The van der Waals surface area contributed by atoms with Gasteiger partial charge in [0, 0.05) is 11.8 Å². The van der Waals surface area contributed by atoms with Crippen molar-refractivity contribution < 1.29 is 9.53 Å². The molecule has 6 nitrogen and oxygen atoms in total. The Morgan fingerprint density at radius 2 is 1.91 bits per heavy atom. The van der Waals surface area contributed by atoms with Crippen molar-refractivity contribution >= 4 is 11.6 Å². The molecule has 23 heavy (non-hydrogen) atoms. The van der Waals surface area contributed by atoms with Crippen molar-refractivity contribution in [2.75, 3.05) is 12.4 Å². The van der Waals surface area contributed by atoms with Crippen LogP contribution in [-0.2, 0) is 0 Å². The molecule has 1 heterocycles. The number of aromatic nitrogens is 3. The molecule has 3 aromatic rings. The lowest BCUT2D eigenvalue weighted by Crippen LogP contribution is -2.14. The Morgan fingerprint density at radius 3 is 2.65 bits per heavy atom. The van der Waals surface area contributed by atoms with Gasteiger partial charge in [-0.05, 0) is 31.2 Å². The summed E-state index contributed by atoms with van der Waals surface area (Å²) in [5.74, 6) is 1.07. The first kappa shape index (κ1) is 14.8. The number of nitrogens with one attached hydrogen (secondary N) is 1. The van der Waals surface area contributed by atoms with E-state index in [1.54, 1.807) is 30.0 Å². The van der Waals surface area contributed by atoms with Gasteiger partial charge in [0.2, 0.25) is 5.82 Å². The van der Waals surface area contributed by atoms with Crippen molar-refractivity contribution in [1.29, 1.82) is 0 Å². The first-order valence-electron chi connectivity index (χ1n) is 7.12. The Morgan fingerprint density at radius 1 is 1.13 bits per heavy atom. The number of benzene rings is 2. The first-order chi connectivity index (χ1) is 11.2. The molecule has 0 radical (unpaired) electrons. The van der Waals surface area contributed by atoms with Gasteiger partial charge in [0.05, 0.1) is 12.8 Å². The lowest BCUT2D eigenvalue weighted by atomic mass is 10.3. The van der Waals surface area contributed by atoms with E-state index in [2.05, 4.69) is 15.4 Å². The summed E-state index contributed by atoms with van der Waals surface area (Å²) in [6, 6.07) is 16.7. The van der Waals surface area contributed by atoms with E-state index in [9.17, 15) is 4.79 Å². The van der Waals surface area contributed by atoms with Crippen LogP contribution in [0.5, 0.6) is 5.75 Å². The standard InChI is InChI=1S/C17H16N4O2/c1-12-18-16(20-21(12)14-8-4-3-5-9-14)17(22)19-13-7-6-10-15(11-13)23-2/h3-11H,1-2H3,(H,19,22).